The Hall–Kier alpha value is -2.91. The van der Waals surface area contributed by atoms with Crippen LogP contribution in [0.4, 0.5) is 24.8 Å². The Kier molecular flexibility index (Phi) is 3.56. The maximum absolute atomic E-state index is 13.0. The Morgan fingerprint density at radius 1 is 1.04 bits per heavy atom. The Morgan fingerprint density at radius 2 is 1.82 bits per heavy atom. The van der Waals surface area contributed by atoms with Gasteiger partial charge in [-0.2, -0.15) is 13.2 Å². The van der Waals surface area contributed by atoms with E-state index in [9.17, 15) is 13.2 Å². The molecule has 0 unspecified atom stereocenters. The number of aryl methyl sites for hydroxylation is 1. The summed E-state index contributed by atoms with van der Waals surface area (Å²) in [7, 11) is 0. The van der Waals surface area contributed by atoms with Gasteiger partial charge in [-0.3, -0.25) is 0 Å². The lowest BCUT2D eigenvalue weighted by molar-refractivity contribution is -0.141. The number of alkyl halides is 3. The fourth-order valence-electron chi connectivity index (χ4n) is 4.15. The van der Waals surface area contributed by atoms with Crippen LogP contribution in [0.15, 0.2) is 30.6 Å². The van der Waals surface area contributed by atoms with Gasteiger partial charge in [-0.05, 0) is 25.5 Å². The largest absolute Gasteiger partial charge is 0.433 e. The fourth-order valence-corrected chi connectivity index (χ4v) is 4.15. The van der Waals surface area contributed by atoms with Crippen LogP contribution >= 0.6 is 0 Å². The summed E-state index contributed by atoms with van der Waals surface area (Å²) in [5.74, 6) is 1.37. The molecule has 1 spiro atoms. The monoisotopic (exact) mass is 389 g/mol. The topological polar surface area (TPSA) is 62.5 Å². The highest BCUT2D eigenvalue weighted by Crippen LogP contribution is 2.43. The maximum Gasteiger partial charge on any atom is 0.433 e. The van der Waals surface area contributed by atoms with Crippen molar-refractivity contribution >= 4 is 17.3 Å². The number of hydrogen-bond acceptors (Lipinski definition) is 6. The van der Waals surface area contributed by atoms with Crippen molar-refractivity contribution in [1.29, 1.82) is 0 Å². The molecule has 0 aliphatic carbocycles. The third-order valence-electron chi connectivity index (χ3n) is 5.49. The standard InChI is InChI=1S/C18H18F3N7/c1-12-23-13(18(19,20)21)8-16(24-12)27-10-17(11-27)4-6-26(9-17)15-3-2-14-22-5-7-28(14)25-15/h2-3,5,7-8H,4,6,9-11H2,1H3. The summed E-state index contributed by atoms with van der Waals surface area (Å²) in [5, 5.41) is 4.59. The van der Waals surface area contributed by atoms with Gasteiger partial charge in [0.25, 0.3) is 0 Å². The average Bonchev–Trinajstić information content (AvgIpc) is 3.25. The lowest BCUT2D eigenvalue weighted by atomic mass is 9.79. The van der Waals surface area contributed by atoms with Gasteiger partial charge >= 0.3 is 6.18 Å². The summed E-state index contributed by atoms with van der Waals surface area (Å²) in [6.45, 7) is 4.56. The van der Waals surface area contributed by atoms with Gasteiger partial charge in [0.05, 0.1) is 0 Å². The van der Waals surface area contributed by atoms with E-state index in [0.29, 0.717) is 18.9 Å². The number of hydrogen-bond donors (Lipinski definition) is 0. The molecule has 28 heavy (non-hydrogen) atoms. The van der Waals surface area contributed by atoms with E-state index < -0.39 is 11.9 Å². The van der Waals surface area contributed by atoms with Crippen molar-refractivity contribution in [3.05, 3.63) is 42.1 Å². The summed E-state index contributed by atoms with van der Waals surface area (Å²) in [6.07, 6.45) is 0.0296. The zero-order chi connectivity index (χ0) is 19.5. The van der Waals surface area contributed by atoms with Crippen LogP contribution in [0.1, 0.15) is 17.9 Å². The maximum atomic E-state index is 13.0. The van der Waals surface area contributed by atoms with E-state index in [2.05, 4.69) is 25.0 Å². The van der Waals surface area contributed by atoms with E-state index >= 15 is 0 Å². The van der Waals surface area contributed by atoms with Crippen LogP contribution < -0.4 is 9.80 Å². The van der Waals surface area contributed by atoms with Crippen LogP contribution in [-0.2, 0) is 6.18 Å². The van der Waals surface area contributed by atoms with Crippen molar-refractivity contribution in [1.82, 2.24) is 24.6 Å². The molecule has 0 amide bonds. The molecule has 0 aromatic carbocycles. The first-order valence-electron chi connectivity index (χ1n) is 9.05. The summed E-state index contributed by atoms with van der Waals surface area (Å²) >= 11 is 0. The molecule has 5 heterocycles. The summed E-state index contributed by atoms with van der Waals surface area (Å²) < 4.78 is 40.8. The van der Waals surface area contributed by atoms with Gasteiger partial charge in [0.2, 0.25) is 0 Å². The van der Waals surface area contributed by atoms with Crippen LogP contribution in [0.3, 0.4) is 0 Å². The van der Waals surface area contributed by atoms with Crippen LogP contribution in [0, 0.1) is 12.3 Å². The Bertz CT molecular complexity index is 1040. The molecule has 7 nitrogen and oxygen atoms in total. The van der Waals surface area contributed by atoms with Crippen LogP contribution in [0.2, 0.25) is 0 Å². The Balaban J connectivity index is 1.31. The molecule has 10 heteroatoms. The molecule has 2 aliphatic heterocycles. The highest BCUT2D eigenvalue weighted by Gasteiger charge is 2.49. The van der Waals surface area contributed by atoms with Crippen molar-refractivity contribution in [3.63, 3.8) is 0 Å². The van der Waals surface area contributed by atoms with Gasteiger partial charge in [-0.1, -0.05) is 0 Å². The second-order valence-electron chi connectivity index (χ2n) is 7.61. The second kappa shape index (κ2) is 5.79. The molecule has 0 atom stereocenters. The molecule has 3 aromatic rings. The molecule has 2 saturated heterocycles. The molecular weight excluding hydrogens is 371 g/mol. The SMILES string of the molecule is Cc1nc(N2CC3(CCN(c4ccc5nccn5n4)C3)C2)cc(C(F)(F)F)n1. The quantitative estimate of drug-likeness (QED) is 0.671. The van der Waals surface area contributed by atoms with Crippen molar-refractivity contribution in [3.8, 4) is 0 Å². The smallest absolute Gasteiger partial charge is 0.355 e. The van der Waals surface area contributed by atoms with Gasteiger partial charge in [0.1, 0.15) is 23.2 Å². The lowest BCUT2D eigenvalue weighted by Crippen LogP contribution is -2.58. The van der Waals surface area contributed by atoms with Crippen molar-refractivity contribution in [2.45, 2.75) is 19.5 Å². The second-order valence-corrected chi connectivity index (χ2v) is 7.61. The predicted octanol–water partition coefficient (Wildman–Crippen LogP) is 2.56. The first kappa shape index (κ1) is 17.2. The summed E-state index contributed by atoms with van der Waals surface area (Å²) in [4.78, 5) is 16.1. The zero-order valence-corrected chi connectivity index (χ0v) is 15.2. The van der Waals surface area contributed by atoms with Gasteiger partial charge in [-0.15, -0.1) is 5.10 Å². The molecule has 0 saturated carbocycles. The first-order valence-corrected chi connectivity index (χ1v) is 9.05. The molecule has 2 aliphatic rings. The number of halogens is 3. The van der Waals surface area contributed by atoms with E-state index in [-0.39, 0.29) is 11.2 Å². The number of anilines is 2. The van der Waals surface area contributed by atoms with E-state index in [1.807, 2.05) is 23.2 Å². The molecule has 0 N–H and O–H groups in total. The minimum Gasteiger partial charge on any atom is -0.355 e. The van der Waals surface area contributed by atoms with Gasteiger partial charge in [0, 0.05) is 50.1 Å². The molecule has 2 fully saturated rings. The first-order chi connectivity index (χ1) is 13.3. The van der Waals surface area contributed by atoms with Crippen molar-refractivity contribution < 1.29 is 13.2 Å². The van der Waals surface area contributed by atoms with Crippen LogP contribution in [0.5, 0.6) is 0 Å². The van der Waals surface area contributed by atoms with Crippen molar-refractivity contribution in [2.24, 2.45) is 5.41 Å². The Morgan fingerprint density at radius 3 is 2.61 bits per heavy atom. The molecular formula is C18H18F3N7. The number of fused-ring (bicyclic) bond motifs is 1. The van der Waals surface area contributed by atoms with E-state index in [1.165, 1.54) is 6.92 Å². The highest BCUT2D eigenvalue weighted by molar-refractivity contribution is 5.50. The van der Waals surface area contributed by atoms with Gasteiger partial charge in [-0.25, -0.2) is 19.5 Å². The minimum atomic E-state index is -4.47. The van der Waals surface area contributed by atoms with Crippen LogP contribution in [0.25, 0.3) is 5.65 Å². The highest BCUT2D eigenvalue weighted by atomic mass is 19.4. The lowest BCUT2D eigenvalue weighted by Gasteiger charge is -2.48. The molecule has 146 valence electrons. The number of aromatic nitrogens is 5. The fraction of sp³-hybridized carbons (Fsp3) is 0.444. The normalized spacial score (nSPS) is 18.9. The molecule has 0 radical (unpaired) electrons. The average molecular weight is 389 g/mol. The number of imidazole rings is 1. The van der Waals surface area contributed by atoms with E-state index in [1.54, 1.807) is 10.7 Å². The molecule has 0 bridgehead atoms. The van der Waals surface area contributed by atoms with Crippen LogP contribution in [-0.4, -0.2) is 50.7 Å². The van der Waals surface area contributed by atoms with E-state index in [0.717, 1.165) is 37.0 Å². The minimum absolute atomic E-state index is 0.0584. The van der Waals surface area contributed by atoms with Gasteiger partial charge in [0.15, 0.2) is 5.65 Å². The number of nitrogens with zero attached hydrogens (tertiary/aromatic N) is 7. The number of rotatable bonds is 2. The van der Waals surface area contributed by atoms with Crippen molar-refractivity contribution in [2.75, 3.05) is 36.0 Å². The summed E-state index contributed by atoms with van der Waals surface area (Å²) in [5.41, 5.74) is -0.0306. The Labute approximate surface area is 158 Å². The van der Waals surface area contributed by atoms with Gasteiger partial charge < -0.3 is 9.80 Å². The molecule has 3 aromatic heterocycles. The molecule has 5 rings (SSSR count). The third kappa shape index (κ3) is 2.83. The summed E-state index contributed by atoms with van der Waals surface area (Å²) in [6, 6.07) is 4.94. The zero-order valence-electron chi connectivity index (χ0n) is 15.2. The van der Waals surface area contributed by atoms with E-state index in [4.69, 9.17) is 0 Å². The third-order valence-corrected chi connectivity index (χ3v) is 5.49. The predicted molar refractivity (Wildman–Crippen MR) is 96.2 cm³/mol.